The summed E-state index contributed by atoms with van der Waals surface area (Å²) in [4.78, 5) is 22.0. The van der Waals surface area contributed by atoms with Crippen molar-refractivity contribution < 1.29 is 19.1 Å². The Labute approximate surface area is 107 Å². The third kappa shape index (κ3) is 3.87. The molecule has 0 fully saturated rings. The van der Waals surface area contributed by atoms with E-state index in [1.54, 1.807) is 7.11 Å². The molecule has 4 nitrogen and oxygen atoms in total. The molecule has 1 rings (SSSR count). The first-order valence-corrected chi connectivity index (χ1v) is 5.79. The Hall–Kier alpha value is -1.84. The summed E-state index contributed by atoms with van der Waals surface area (Å²) in [6.45, 7) is 5.08. The van der Waals surface area contributed by atoms with Gasteiger partial charge in [-0.05, 0) is 30.0 Å². The molecule has 98 valence electrons. The third-order valence-electron chi connectivity index (χ3n) is 2.73. The van der Waals surface area contributed by atoms with Gasteiger partial charge in [0, 0.05) is 6.92 Å². The number of rotatable bonds is 4. The van der Waals surface area contributed by atoms with Gasteiger partial charge in [0.15, 0.2) is 0 Å². The number of hydrogen-bond donors (Lipinski definition) is 0. The fourth-order valence-electron chi connectivity index (χ4n) is 1.71. The van der Waals surface area contributed by atoms with E-state index < -0.39 is 11.9 Å². The summed E-state index contributed by atoms with van der Waals surface area (Å²) in [7, 11) is 1.61. The molecule has 0 aliphatic rings. The number of methoxy groups -OCH3 is 1. The van der Waals surface area contributed by atoms with Crippen LogP contribution in [0.25, 0.3) is 0 Å². The van der Waals surface area contributed by atoms with E-state index in [0.717, 1.165) is 16.9 Å². The van der Waals surface area contributed by atoms with Crippen molar-refractivity contribution >= 4 is 11.9 Å². The first-order valence-electron chi connectivity index (χ1n) is 5.79. The number of esters is 2. The fraction of sp³-hybridized carbons (Fsp3) is 0.429. The number of carbonyl (C=O) groups excluding carboxylic acids is 2. The molecule has 0 saturated carbocycles. The molecule has 0 radical (unpaired) electrons. The second-order valence-corrected chi connectivity index (χ2v) is 4.30. The Balaban J connectivity index is 2.75. The van der Waals surface area contributed by atoms with E-state index >= 15 is 0 Å². The topological polar surface area (TPSA) is 52.6 Å². The Kier molecular flexibility index (Phi) is 4.89. The predicted octanol–water partition coefficient (Wildman–Crippen LogP) is 2.59. The van der Waals surface area contributed by atoms with Crippen LogP contribution in [0.5, 0.6) is 5.75 Å². The molecular formula is C14H18O4. The molecule has 4 heteroatoms. The highest BCUT2D eigenvalue weighted by Gasteiger charge is 2.15. The number of benzene rings is 1. The maximum atomic E-state index is 11.4. The number of ether oxygens (including phenoxy) is 2. The first kappa shape index (κ1) is 14.2. The third-order valence-corrected chi connectivity index (χ3v) is 2.73. The molecule has 1 aromatic carbocycles. The van der Waals surface area contributed by atoms with Crippen molar-refractivity contribution in [1.82, 2.24) is 0 Å². The van der Waals surface area contributed by atoms with E-state index in [2.05, 4.69) is 4.74 Å². The average Bonchev–Trinajstić information content (AvgIpc) is 2.28. The quantitative estimate of drug-likeness (QED) is 0.609. The van der Waals surface area contributed by atoms with Crippen LogP contribution in [0, 0.1) is 6.92 Å². The van der Waals surface area contributed by atoms with Gasteiger partial charge in [-0.2, -0.15) is 0 Å². The summed E-state index contributed by atoms with van der Waals surface area (Å²) in [5, 5.41) is 0. The van der Waals surface area contributed by atoms with Crippen molar-refractivity contribution in [1.29, 1.82) is 0 Å². The van der Waals surface area contributed by atoms with Gasteiger partial charge in [-0.25, -0.2) is 0 Å². The molecular weight excluding hydrogens is 232 g/mol. The lowest BCUT2D eigenvalue weighted by atomic mass is 9.96. The van der Waals surface area contributed by atoms with Gasteiger partial charge in [0.05, 0.1) is 13.5 Å². The molecule has 0 saturated heterocycles. The van der Waals surface area contributed by atoms with Crippen molar-refractivity contribution in [2.45, 2.75) is 33.1 Å². The van der Waals surface area contributed by atoms with Gasteiger partial charge >= 0.3 is 11.9 Å². The minimum absolute atomic E-state index is 0.0219. The monoisotopic (exact) mass is 250 g/mol. The second kappa shape index (κ2) is 6.19. The lowest BCUT2D eigenvalue weighted by molar-refractivity contribution is -0.158. The van der Waals surface area contributed by atoms with E-state index in [9.17, 15) is 9.59 Å². The molecule has 1 atom stereocenters. The first-order chi connectivity index (χ1) is 8.43. The van der Waals surface area contributed by atoms with Crippen LogP contribution in [0.1, 0.15) is 37.3 Å². The molecule has 1 aromatic rings. The van der Waals surface area contributed by atoms with E-state index in [4.69, 9.17) is 4.74 Å². The summed E-state index contributed by atoms with van der Waals surface area (Å²) in [5.41, 5.74) is 2.03. The molecule has 0 bridgehead atoms. The van der Waals surface area contributed by atoms with Gasteiger partial charge in [0.25, 0.3) is 0 Å². The molecule has 0 spiro atoms. The van der Waals surface area contributed by atoms with Crippen LogP contribution < -0.4 is 4.74 Å². The van der Waals surface area contributed by atoms with E-state index in [1.165, 1.54) is 6.92 Å². The maximum absolute atomic E-state index is 11.4. The van der Waals surface area contributed by atoms with E-state index in [-0.39, 0.29) is 12.3 Å². The SMILES string of the molecule is COc1cc([C@@H](C)CC(=O)OC(C)=O)ccc1C. The van der Waals surface area contributed by atoms with Gasteiger partial charge in [-0.3, -0.25) is 9.59 Å². The highest BCUT2D eigenvalue weighted by atomic mass is 16.6. The number of hydrogen-bond acceptors (Lipinski definition) is 4. The minimum atomic E-state index is -0.575. The summed E-state index contributed by atoms with van der Waals surface area (Å²) in [6.07, 6.45) is 0.172. The molecule has 0 amide bonds. The summed E-state index contributed by atoms with van der Waals surface area (Å²) in [6, 6.07) is 5.80. The van der Waals surface area contributed by atoms with E-state index in [1.807, 2.05) is 32.0 Å². The van der Waals surface area contributed by atoms with Crippen molar-refractivity contribution in [3.63, 3.8) is 0 Å². The van der Waals surface area contributed by atoms with Crippen molar-refractivity contribution in [3.8, 4) is 5.75 Å². The van der Waals surface area contributed by atoms with Crippen LogP contribution in [-0.2, 0) is 14.3 Å². The summed E-state index contributed by atoms with van der Waals surface area (Å²) in [5.74, 6) is -0.311. The molecule has 0 aromatic heterocycles. The molecule has 0 aliphatic heterocycles. The van der Waals surface area contributed by atoms with Crippen LogP contribution in [0.4, 0.5) is 0 Å². The van der Waals surface area contributed by atoms with Crippen LogP contribution in [0.3, 0.4) is 0 Å². The fourth-order valence-corrected chi connectivity index (χ4v) is 1.71. The van der Waals surface area contributed by atoms with Crippen LogP contribution in [0.2, 0.25) is 0 Å². The Morgan fingerprint density at radius 2 is 2.00 bits per heavy atom. The smallest absolute Gasteiger partial charge is 0.314 e. The van der Waals surface area contributed by atoms with Gasteiger partial charge < -0.3 is 9.47 Å². The number of carbonyl (C=O) groups is 2. The summed E-state index contributed by atoms with van der Waals surface area (Å²) >= 11 is 0. The predicted molar refractivity (Wildman–Crippen MR) is 67.5 cm³/mol. The lowest BCUT2D eigenvalue weighted by Crippen LogP contribution is -2.12. The van der Waals surface area contributed by atoms with Crippen LogP contribution >= 0.6 is 0 Å². The van der Waals surface area contributed by atoms with Gasteiger partial charge in [-0.15, -0.1) is 0 Å². The van der Waals surface area contributed by atoms with Crippen molar-refractivity contribution in [3.05, 3.63) is 29.3 Å². The standard InChI is InChI=1S/C14H18O4/c1-9-5-6-12(8-13(9)17-4)10(2)7-14(16)18-11(3)15/h5-6,8,10H,7H2,1-4H3/t10-/m0/s1. The molecule has 18 heavy (non-hydrogen) atoms. The normalized spacial score (nSPS) is 11.8. The highest BCUT2D eigenvalue weighted by molar-refractivity contribution is 5.84. The zero-order chi connectivity index (χ0) is 13.7. The Morgan fingerprint density at radius 3 is 2.56 bits per heavy atom. The minimum Gasteiger partial charge on any atom is -0.496 e. The van der Waals surface area contributed by atoms with Gasteiger partial charge in [0.1, 0.15) is 5.75 Å². The second-order valence-electron chi connectivity index (χ2n) is 4.30. The van der Waals surface area contributed by atoms with E-state index in [0.29, 0.717) is 0 Å². The Bertz CT molecular complexity index is 451. The number of aryl methyl sites for hydroxylation is 1. The van der Waals surface area contributed by atoms with Crippen molar-refractivity contribution in [2.24, 2.45) is 0 Å². The van der Waals surface area contributed by atoms with Crippen LogP contribution in [0.15, 0.2) is 18.2 Å². The van der Waals surface area contributed by atoms with Crippen LogP contribution in [-0.4, -0.2) is 19.0 Å². The molecule has 0 aliphatic carbocycles. The average molecular weight is 250 g/mol. The zero-order valence-electron chi connectivity index (χ0n) is 11.1. The van der Waals surface area contributed by atoms with Gasteiger partial charge in [0.2, 0.25) is 0 Å². The zero-order valence-corrected chi connectivity index (χ0v) is 11.1. The highest BCUT2D eigenvalue weighted by Crippen LogP contribution is 2.26. The van der Waals surface area contributed by atoms with Crippen molar-refractivity contribution in [2.75, 3.05) is 7.11 Å². The molecule has 0 N–H and O–H groups in total. The Morgan fingerprint density at radius 1 is 1.33 bits per heavy atom. The lowest BCUT2D eigenvalue weighted by Gasteiger charge is -2.13. The molecule has 0 unspecified atom stereocenters. The largest absolute Gasteiger partial charge is 0.496 e. The summed E-state index contributed by atoms with van der Waals surface area (Å²) < 4.78 is 9.75. The maximum Gasteiger partial charge on any atom is 0.314 e. The van der Waals surface area contributed by atoms with Gasteiger partial charge in [-0.1, -0.05) is 19.1 Å². The molecule has 0 heterocycles.